The highest BCUT2D eigenvalue weighted by Gasteiger charge is 2.14. The molecule has 0 atom stereocenters. The lowest BCUT2D eigenvalue weighted by Gasteiger charge is -2.08. The third-order valence-electron chi connectivity index (χ3n) is 9.25. The summed E-state index contributed by atoms with van der Waals surface area (Å²) >= 11 is 3.84. The zero-order valence-electron chi connectivity index (χ0n) is 24.7. The van der Waals surface area contributed by atoms with Gasteiger partial charge in [0.1, 0.15) is 0 Å². The predicted molar refractivity (Wildman–Crippen MR) is 201 cm³/mol. The van der Waals surface area contributed by atoms with Gasteiger partial charge in [-0.25, -0.2) is 0 Å². The first-order chi connectivity index (χ1) is 22.7. The average molecular weight is 620 g/mol. The fourth-order valence-electron chi connectivity index (χ4n) is 6.82. The molecule has 0 N–H and O–H groups in total. The quantitative estimate of drug-likeness (QED) is 0.192. The average Bonchev–Trinajstić information content (AvgIpc) is 3.64. The highest BCUT2D eigenvalue weighted by atomic mass is 32.1. The molecule has 3 heteroatoms. The van der Waals surface area contributed by atoms with E-state index in [1.165, 1.54) is 78.6 Å². The normalized spacial score (nSPS) is 11.9. The molecule has 1 nitrogen and oxygen atoms in total. The van der Waals surface area contributed by atoms with Crippen molar-refractivity contribution in [2.45, 2.75) is 0 Å². The number of rotatable bonds is 3. The highest BCUT2D eigenvalue weighted by molar-refractivity contribution is 7.36. The van der Waals surface area contributed by atoms with E-state index in [4.69, 9.17) is 4.98 Å². The number of benzene rings is 7. The summed E-state index contributed by atoms with van der Waals surface area (Å²) in [5.41, 5.74) is 6.91. The van der Waals surface area contributed by atoms with Gasteiger partial charge in [0.15, 0.2) is 0 Å². The van der Waals surface area contributed by atoms with Gasteiger partial charge in [-0.05, 0) is 97.5 Å². The number of hydrogen-bond acceptors (Lipinski definition) is 3. The minimum Gasteiger partial charge on any atom is -0.256 e. The molecule has 0 fully saturated rings. The molecule has 0 unspecified atom stereocenters. The third kappa shape index (κ3) is 4.17. The predicted octanol–water partition coefficient (Wildman–Crippen LogP) is 13.1. The largest absolute Gasteiger partial charge is 0.256 e. The molecule has 3 heterocycles. The van der Waals surface area contributed by atoms with Gasteiger partial charge in [0, 0.05) is 37.5 Å². The second-order valence-electron chi connectivity index (χ2n) is 12.0. The molecule has 46 heavy (non-hydrogen) atoms. The van der Waals surface area contributed by atoms with Crippen LogP contribution in [-0.2, 0) is 0 Å². The molecule has 214 valence electrons. The fraction of sp³-hybridized carbons (Fsp3) is 0. The summed E-state index contributed by atoms with van der Waals surface area (Å²) in [6.45, 7) is 0. The lowest BCUT2D eigenvalue weighted by Crippen LogP contribution is -1.86. The lowest BCUT2D eigenvalue weighted by molar-refractivity contribution is 1.33. The molecule has 0 saturated carbocycles. The van der Waals surface area contributed by atoms with Gasteiger partial charge in [-0.2, -0.15) is 0 Å². The van der Waals surface area contributed by atoms with Crippen molar-refractivity contribution in [1.82, 2.24) is 4.98 Å². The molecule has 7 aromatic carbocycles. The van der Waals surface area contributed by atoms with Crippen molar-refractivity contribution in [3.63, 3.8) is 0 Å². The van der Waals surface area contributed by atoms with Crippen molar-refractivity contribution >= 4 is 84.6 Å². The Morgan fingerprint density at radius 1 is 0.348 bits per heavy atom. The van der Waals surface area contributed by atoms with Crippen molar-refractivity contribution in [3.05, 3.63) is 152 Å². The van der Waals surface area contributed by atoms with Crippen molar-refractivity contribution in [2.24, 2.45) is 0 Å². The molecule has 0 aliphatic heterocycles. The number of aromatic nitrogens is 1. The second-order valence-corrected chi connectivity index (χ2v) is 14.1. The first-order valence-corrected chi connectivity index (χ1v) is 17.1. The topological polar surface area (TPSA) is 12.9 Å². The van der Waals surface area contributed by atoms with E-state index in [1.807, 2.05) is 28.9 Å². The maximum atomic E-state index is 4.90. The number of hydrogen-bond donors (Lipinski definition) is 0. The van der Waals surface area contributed by atoms with E-state index in [0.717, 1.165) is 16.8 Å². The van der Waals surface area contributed by atoms with Crippen molar-refractivity contribution in [1.29, 1.82) is 0 Å². The monoisotopic (exact) mass is 619 g/mol. The Kier molecular flexibility index (Phi) is 5.68. The summed E-state index contributed by atoms with van der Waals surface area (Å²) in [6.07, 6.45) is 2.01. The Bertz CT molecular complexity index is 2790. The molecular weight excluding hydrogens is 595 g/mol. The minimum atomic E-state index is 0.985. The fourth-order valence-corrected chi connectivity index (χ4v) is 9.51. The molecular formula is C43H25NS2. The van der Waals surface area contributed by atoms with Gasteiger partial charge < -0.3 is 0 Å². The summed E-state index contributed by atoms with van der Waals surface area (Å²) in [5, 5.41) is 10.3. The Morgan fingerprint density at radius 3 is 1.52 bits per heavy atom. The molecule has 0 amide bonds. The number of pyridine rings is 1. The molecule has 0 aliphatic rings. The SMILES string of the molecule is c1ccc(-c2ccc3cc(-c4ccc(-c5ccc6cc7c(cc6c5)sc5c6cc8ccccc8cc6sc75)cn4)ccc3c2)cc1. The summed E-state index contributed by atoms with van der Waals surface area (Å²) in [5.74, 6) is 0. The van der Waals surface area contributed by atoms with Crippen LogP contribution in [0.3, 0.4) is 0 Å². The first-order valence-electron chi connectivity index (χ1n) is 15.5. The third-order valence-corrected chi connectivity index (χ3v) is 11.7. The van der Waals surface area contributed by atoms with E-state index in [1.54, 1.807) is 0 Å². The molecule has 0 bridgehead atoms. The molecule has 0 radical (unpaired) electrons. The van der Waals surface area contributed by atoms with Gasteiger partial charge in [0.25, 0.3) is 0 Å². The van der Waals surface area contributed by atoms with Gasteiger partial charge in [0.2, 0.25) is 0 Å². The van der Waals surface area contributed by atoms with Crippen LogP contribution in [0.4, 0.5) is 0 Å². The van der Waals surface area contributed by atoms with E-state index >= 15 is 0 Å². The van der Waals surface area contributed by atoms with Crippen LogP contribution < -0.4 is 0 Å². The van der Waals surface area contributed by atoms with Crippen LogP contribution in [0.1, 0.15) is 0 Å². The van der Waals surface area contributed by atoms with E-state index < -0.39 is 0 Å². The van der Waals surface area contributed by atoms with Crippen molar-refractivity contribution in [2.75, 3.05) is 0 Å². The molecule has 3 aromatic heterocycles. The first kappa shape index (κ1) is 25.9. The van der Waals surface area contributed by atoms with E-state index in [2.05, 4.69) is 146 Å². The zero-order chi connectivity index (χ0) is 30.2. The smallest absolute Gasteiger partial charge is 0.0702 e. The number of thiophene rings is 2. The van der Waals surface area contributed by atoms with Gasteiger partial charge >= 0.3 is 0 Å². The summed E-state index contributed by atoms with van der Waals surface area (Å²) < 4.78 is 5.53. The van der Waals surface area contributed by atoms with Crippen LogP contribution in [0.15, 0.2) is 152 Å². The Morgan fingerprint density at radius 2 is 0.848 bits per heavy atom. The zero-order valence-corrected chi connectivity index (χ0v) is 26.3. The van der Waals surface area contributed by atoms with Crippen LogP contribution >= 0.6 is 22.7 Å². The molecule has 10 aromatic rings. The van der Waals surface area contributed by atoms with Gasteiger partial charge in [-0.1, -0.05) is 97.1 Å². The summed E-state index contributed by atoms with van der Waals surface area (Å²) in [7, 11) is 0. The number of fused-ring (bicyclic) bond motifs is 8. The van der Waals surface area contributed by atoms with Gasteiger partial charge in [-0.15, -0.1) is 22.7 Å². The Labute approximate surface area is 273 Å². The van der Waals surface area contributed by atoms with Crippen LogP contribution in [0.5, 0.6) is 0 Å². The molecule has 10 rings (SSSR count). The van der Waals surface area contributed by atoms with Crippen LogP contribution in [0.25, 0.3) is 95.4 Å². The molecule has 0 aliphatic carbocycles. The Balaban J connectivity index is 0.983. The van der Waals surface area contributed by atoms with Gasteiger partial charge in [0.05, 0.1) is 15.1 Å². The maximum absolute atomic E-state index is 4.90. The van der Waals surface area contributed by atoms with Crippen molar-refractivity contribution in [3.8, 4) is 33.5 Å². The highest BCUT2D eigenvalue weighted by Crippen LogP contribution is 2.46. The van der Waals surface area contributed by atoms with Crippen molar-refractivity contribution < 1.29 is 0 Å². The molecule has 0 spiro atoms. The van der Waals surface area contributed by atoms with E-state index in [-0.39, 0.29) is 0 Å². The molecule has 0 saturated heterocycles. The van der Waals surface area contributed by atoms with Crippen LogP contribution in [0.2, 0.25) is 0 Å². The lowest BCUT2D eigenvalue weighted by atomic mass is 9.98. The number of nitrogens with zero attached hydrogens (tertiary/aromatic N) is 1. The van der Waals surface area contributed by atoms with Gasteiger partial charge in [-0.3, -0.25) is 4.98 Å². The van der Waals surface area contributed by atoms with Crippen LogP contribution in [-0.4, -0.2) is 4.98 Å². The minimum absolute atomic E-state index is 0.985. The van der Waals surface area contributed by atoms with E-state index in [9.17, 15) is 0 Å². The maximum Gasteiger partial charge on any atom is 0.0702 e. The second kappa shape index (κ2) is 10.1. The standard InChI is InChI=1S/C43H25NS2/c1-2-6-26(7-3-1)29-10-11-31-19-34(15-14-30(31)18-29)39-17-16-35(25-44-39)32-12-13-33-22-38-41(24-36(33)20-32)46-42-37-21-27-8-4-5-9-28(27)23-40(37)45-43(38)42/h1-25H. The summed E-state index contributed by atoms with van der Waals surface area (Å²) in [6, 6.07) is 53.1. The van der Waals surface area contributed by atoms with E-state index in [0.29, 0.717) is 0 Å². The Hall–Kier alpha value is -5.35. The summed E-state index contributed by atoms with van der Waals surface area (Å²) in [4.78, 5) is 4.90. The van der Waals surface area contributed by atoms with Crippen LogP contribution in [0, 0.1) is 0 Å².